The molecule has 0 aliphatic rings. The molecule has 0 saturated heterocycles. The zero-order valence-electron chi connectivity index (χ0n) is 11.6. The molecule has 21 heavy (non-hydrogen) atoms. The van der Waals surface area contributed by atoms with E-state index >= 15 is 0 Å². The second-order valence-electron chi connectivity index (χ2n) is 3.83. The highest BCUT2D eigenvalue weighted by molar-refractivity contribution is 6.41. The molecule has 0 aliphatic carbocycles. The Morgan fingerprint density at radius 2 is 1.81 bits per heavy atom. The Hall–Kier alpha value is -1.66. The van der Waals surface area contributed by atoms with Gasteiger partial charge in [-0.1, -0.05) is 49.9 Å². The molecule has 0 saturated carbocycles. The van der Waals surface area contributed by atoms with Gasteiger partial charge in [0.2, 0.25) is 0 Å². The molecule has 8 heteroatoms. The third kappa shape index (κ3) is 8.27. The topological polar surface area (TPSA) is 93.6 Å². The lowest BCUT2D eigenvalue weighted by molar-refractivity contribution is -0.147. The summed E-state index contributed by atoms with van der Waals surface area (Å²) in [6.07, 6.45) is 2.80. The van der Waals surface area contributed by atoms with E-state index in [1.54, 1.807) is 0 Å². The summed E-state index contributed by atoms with van der Waals surface area (Å²) in [5.41, 5.74) is -0.0989. The molecule has 0 atom stereocenters. The second-order valence-corrected chi connectivity index (χ2v) is 4.59. The lowest BCUT2D eigenvalue weighted by atomic mass is 10.3. The maximum atomic E-state index is 11.3. The van der Waals surface area contributed by atoms with Gasteiger partial charge in [0, 0.05) is 6.20 Å². The van der Waals surface area contributed by atoms with E-state index in [0.29, 0.717) is 0 Å². The molecule has 0 fully saturated rings. The maximum Gasteiger partial charge on any atom is 0.347 e. The van der Waals surface area contributed by atoms with Gasteiger partial charge in [-0.15, -0.1) is 0 Å². The van der Waals surface area contributed by atoms with Crippen LogP contribution in [-0.2, 0) is 14.3 Å². The first kappa shape index (κ1) is 19.3. The third-order valence-electron chi connectivity index (χ3n) is 2.03. The van der Waals surface area contributed by atoms with Crippen molar-refractivity contribution >= 4 is 41.1 Å². The van der Waals surface area contributed by atoms with Gasteiger partial charge >= 0.3 is 17.9 Å². The lowest BCUT2D eigenvalue weighted by Gasteiger charge is -2.02. The number of esters is 2. The number of carbonyl (C=O) groups excluding carboxylic acids is 2. The molecule has 116 valence electrons. The number of ether oxygens (including phenoxy) is 1. The Bertz CT molecular complexity index is 517. The Kier molecular flexibility index (Phi) is 9.32. The number of halogens is 2. The molecular formula is C13H15Cl2NO5. The summed E-state index contributed by atoms with van der Waals surface area (Å²) in [5, 5.41) is 8.31. The van der Waals surface area contributed by atoms with Crippen LogP contribution < -0.4 is 0 Å². The summed E-state index contributed by atoms with van der Waals surface area (Å²) in [4.78, 5) is 35.9. The fraction of sp³-hybridized carbons (Fsp3) is 0.385. The number of hydrogen-bond donors (Lipinski definition) is 1. The number of aliphatic carboxylic acids is 1. The highest BCUT2D eigenvalue weighted by Gasteiger charge is 2.17. The van der Waals surface area contributed by atoms with Crippen LogP contribution in [0.15, 0.2) is 12.3 Å². The van der Waals surface area contributed by atoms with Crippen LogP contribution in [0, 0.1) is 0 Å². The minimum Gasteiger partial charge on any atom is -0.481 e. The SMILES string of the molecule is CCCC.O=C(O)CC(=O)OC(=O)c1cnc(Cl)c(Cl)c1. The quantitative estimate of drug-likeness (QED) is 0.515. The van der Waals surface area contributed by atoms with Crippen LogP contribution >= 0.6 is 23.2 Å². The van der Waals surface area contributed by atoms with E-state index in [2.05, 4.69) is 23.6 Å². The van der Waals surface area contributed by atoms with Crippen molar-refractivity contribution in [3.8, 4) is 0 Å². The van der Waals surface area contributed by atoms with Gasteiger partial charge in [-0.05, 0) is 6.07 Å². The maximum absolute atomic E-state index is 11.3. The number of nitrogens with zero attached hydrogens (tertiary/aromatic N) is 1. The number of aromatic nitrogens is 1. The first-order valence-electron chi connectivity index (χ1n) is 6.09. The van der Waals surface area contributed by atoms with Gasteiger partial charge in [-0.2, -0.15) is 0 Å². The van der Waals surface area contributed by atoms with E-state index in [1.807, 2.05) is 0 Å². The van der Waals surface area contributed by atoms with Gasteiger partial charge in [0.05, 0.1) is 10.6 Å². The van der Waals surface area contributed by atoms with Crippen molar-refractivity contribution in [3.05, 3.63) is 28.0 Å². The Morgan fingerprint density at radius 3 is 2.24 bits per heavy atom. The molecule has 0 amide bonds. The zero-order chi connectivity index (χ0) is 16.4. The number of hydrogen-bond acceptors (Lipinski definition) is 5. The van der Waals surface area contributed by atoms with Gasteiger partial charge in [0.15, 0.2) is 0 Å². The van der Waals surface area contributed by atoms with Crippen molar-refractivity contribution in [2.75, 3.05) is 0 Å². The van der Waals surface area contributed by atoms with E-state index < -0.39 is 24.3 Å². The Balaban J connectivity index is 0.000000885. The van der Waals surface area contributed by atoms with Crippen molar-refractivity contribution in [1.82, 2.24) is 4.98 Å². The van der Waals surface area contributed by atoms with Crippen LogP contribution in [0.5, 0.6) is 0 Å². The molecule has 1 N–H and O–H groups in total. The summed E-state index contributed by atoms with van der Waals surface area (Å²) >= 11 is 11.1. The van der Waals surface area contributed by atoms with Crippen molar-refractivity contribution in [2.24, 2.45) is 0 Å². The summed E-state index contributed by atoms with van der Waals surface area (Å²) in [6.45, 7) is 4.36. The zero-order valence-corrected chi connectivity index (χ0v) is 13.1. The summed E-state index contributed by atoms with van der Waals surface area (Å²) in [6, 6.07) is 1.16. The van der Waals surface area contributed by atoms with E-state index in [9.17, 15) is 14.4 Å². The number of unbranched alkanes of at least 4 members (excludes halogenated alkanes) is 1. The van der Waals surface area contributed by atoms with Crippen LogP contribution in [0.4, 0.5) is 0 Å². The van der Waals surface area contributed by atoms with Crippen molar-refractivity contribution in [1.29, 1.82) is 0 Å². The first-order chi connectivity index (χ1) is 9.81. The van der Waals surface area contributed by atoms with Gasteiger partial charge in [0.1, 0.15) is 11.6 Å². The van der Waals surface area contributed by atoms with Gasteiger partial charge < -0.3 is 9.84 Å². The third-order valence-corrected chi connectivity index (χ3v) is 2.72. The van der Waals surface area contributed by atoms with Crippen molar-refractivity contribution < 1.29 is 24.2 Å². The number of carbonyl (C=O) groups is 3. The smallest absolute Gasteiger partial charge is 0.347 e. The largest absolute Gasteiger partial charge is 0.481 e. The van der Waals surface area contributed by atoms with Gasteiger partial charge in [0.25, 0.3) is 0 Å². The minimum absolute atomic E-state index is 0.0000733. The average molecular weight is 336 g/mol. The predicted octanol–water partition coefficient (Wildman–Crippen LogP) is 3.35. The molecular weight excluding hydrogens is 321 g/mol. The average Bonchev–Trinajstić information content (AvgIpc) is 2.41. The van der Waals surface area contributed by atoms with Crippen LogP contribution in [0.1, 0.15) is 43.5 Å². The molecule has 0 aromatic carbocycles. The Labute approximate surface area is 132 Å². The highest BCUT2D eigenvalue weighted by atomic mass is 35.5. The van der Waals surface area contributed by atoms with Crippen molar-refractivity contribution in [2.45, 2.75) is 33.1 Å². The van der Waals surface area contributed by atoms with E-state index in [1.165, 1.54) is 12.8 Å². The summed E-state index contributed by atoms with van der Waals surface area (Å²) < 4.78 is 4.24. The summed E-state index contributed by atoms with van der Waals surface area (Å²) in [5.74, 6) is -3.61. The molecule has 1 heterocycles. The van der Waals surface area contributed by atoms with E-state index in [0.717, 1.165) is 12.3 Å². The van der Waals surface area contributed by atoms with Crippen LogP contribution in [0.2, 0.25) is 10.2 Å². The molecule has 0 aliphatic heterocycles. The lowest BCUT2D eigenvalue weighted by Crippen LogP contribution is -2.16. The fourth-order valence-corrected chi connectivity index (χ4v) is 1.12. The number of rotatable bonds is 4. The van der Waals surface area contributed by atoms with Gasteiger partial charge in [-0.3, -0.25) is 9.59 Å². The first-order valence-corrected chi connectivity index (χ1v) is 6.85. The molecule has 0 spiro atoms. The Morgan fingerprint density at radius 1 is 1.24 bits per heavy atom. The minimum atomic E-state index is -1.39. The van der Waals surface area contributed by atoms with Crippen LogP contribution in [-0.4, -0.2) is 28.0 Å². The summed E-state index contributed by atoms with van der Waals surface area (Å²) in [7, 11) is 0. The predicted molar refractivity (Wildman–Crippen MR) is 77.5 cm³/mol. The highest BCUT2D eigenvalue weighted by Crippen LogP contribution is 2.20. The molecule has 0 unspecified atom stereocenters. The van der Waals surface area contributed by atoms with Gasteiger partial charge in [-0.25, -0.2) is 9.78 Å². The van der Waals surface area contributed by atoms with E-state index in [4.69, 9.17) is 28.3 Å². The fourth-order valence-electron chi connectivity index (χ4n) is 0.855. The number of carboxylic acid groups (broad SMARTS) is 1. The normalized spacial score (nSPS) is 9.33. The van der Waals surface area contributed by atoms with Crippen LogP contribution in [0.3, 0.4) is 0 Å². The second kappa shape index (κ2) is 10.1. The molecule has 0 radical (unpaired) electrons. The van der Waals surface area contributed by atoms with Crippen LogP contribution in [0.25, 0.3) is 0 Å². The molecule has 1 aromatic heterocycles. The standard InChI is InChI=1S/C9H5Cl2NO5.C4H10/c10-5-1-4(3-12-8(5)11)9(16)17-7(15)2-6(13)14;1-3-4-2/h1,3H,2H2,(H,13,14);3-4H2,1-2H3. The molecule has 6 nitrogen and oxygen atoms in total. The monoisotopic (exact) mass is 335 g/mol. The molecule has 1 aromatic rings. The molecule has 1 rings (SSSR count). The van der Waals surface area contributed by atoms with Crippen molar-refractivity contribution in [3.63, 3.8) is 0 Å². The number of carboxylic acids is 1. The molecule has 0 bridgehead atoms. The van der Waals surface area contributed by atoms with E-state index in [-0.39, 0.29) is 15.7 Å². The number of pyridine rings is 1.